The highest BCUT2D eigenvalue weighted by Crippen LogP contribution is 2.05. The van der Waals surface area contributed by atoms with Gasteiger partial charge in [-0.3, -0.25) is 4.79 Å². The first-order valence-corrected chi connectivity index (χ1v) is 4.61. The molecule has 1 amide bonds. The van der Waals surface area contributed by atoms with Crippen LogP contribution in [0, 0.1) is 0 Å². The maximum absolute atomic E-state index is 11.3. The molecule has 0 aromatic carbocycles. The summed E-state index contributed by atoms with van der Waals surface area (Å²) in [6.45, 7) is 2.85. The highest BCUT2D eigenvalue weighted by Gasteiger charge is 2.26. The average molecular weight is 169 g/mol. The number of hydrogen-bond donors (Lipinski definition) is 3. The van der Waals surface area contributed by atoms with Crippen LogP contribution in [0.4, 0.5) is 0 Å². The van der Waals surface area contributed by atoms with E-state index < -0.39 is 0 Å². The monoisotopic (exact) mass is 169 g/mol. The lowest BCUT2D eigenvalue weighted by Gasteiger charge is -2.33. The Morgan fingerprint density at radius 2 is 2.25 bits per heavy atom. The van der Waals surface area contributed by atoms with Gasteiger partial charge in [-0.1, -0.05) is 0 Å². The van der Waals surface area contributed by atoms with Gasteiger partial charge in [0, 0.05) is 25.7 Å². The summed E-state index contributed by atoms with van der Waals surface area (Å²) in [4.78, 5) is 11.3. The Balaban J connectivity index is 1.80. The minimum Gasteiger partial charge on any atom is -0.355 e. The van der Waals surface area contributed by atoms with Crippen molar-refractivity contribution in [2.75, 3.05) is 19.6 Å². The predicted molar refractivity (Wildman–Crippen MR) is 45.8 cm³/mol. The lowest BCUT2D eigenvalue weighted by Crippen LogP contribution is -2.61. The summed E-state index contributed by atoms with van der Waals surface area (Å²) < 4.78 is 0. The van der Waals surface area contributed by atoms with Crippen LogP contribution in [-0.2, 0) is 4.79 Å². The van der Waals surface area contributed by atoms with E-state index in [1.807, 2.05) is 0 Å². The van der Waals surface area contributed by atoms with Crippen LogP contribution in [0.5, 0.6) is 0 Å². The Labute approximate surface area is 72.1 Å². The zero-order chi connectivity index (χ0) is 8.39. The zero-order valence-corrected chi connectivity index (χ0v) is 7.10. The maximum atomic E-state index is 11.3. The molecule has 0 bridgehead atoms. The molecule has 2 rings (SSSR count). The van der Waals surface area contributed by atoms with Gasteiger partial charge in [0.2, 0.25) is 5.91 Å². The smallest absolute Gasteiger partial charge is 0.237 e. The molecule has 0 aromatic rings. The van der Waals surface area contributed by atoms with Crippen LogP contribution >= 0.6 is 0 Å². The number of carbonyl (C=O) groups excluding carboxylic acids is 1. The standard InChI is InChI=1S/C8H15N3O/c12-8-7(2-1-3-10-8)11-6-4-9-5-6/h6-7,9,11H,1-5H2,(H,10,12). The van der Waals surface area contributed by atoms with Crippen LogP contribution in [0.1, 0.15) is 12.8 Å². The second-order valence-corrected chi connectivity index (χ2v) is 3.51. The topological polar surface area (TPSA) is 53.2 Å². The maximum Gasteiger partial charge on any atom is 0.237 e. The highest BCUT2D eigenvalue weighted by atomic mass is 16.2. The third-order valence-electron chi connectivity index (χ3n) is 2.50. The van der Waals surface area contributed by atoms with Gasteiger partial charge in [-0.15, -0.1) is 0 Å². The molecular formula is C8H15N3O. The summed E-state index contributed by atoms with van der Waals surface area (Å²) in [5.74, 6) is 0.174. The molecule has 0 spiro atoms. The fourth-order valence-electron chi connectivity index (χ4n) is 1.62. The summed E-state index contributed by atoms with van der Waals surface area (Å²) in [6, 6.07) is 0.574. The van der Waals surface area contributed by atoms with Gasteiger partial charge in [0.15, 0.2) is 0 Å². The minimum absolute atomic E-state index is 0.0610. The first-order chi connectivity index (χ1) is 5.86. The Kier molecular flexibility index (Phi) is 2.28. The number of carbonyl (C=O) groups is 1. The van der Waals surface area contributed by atoms with Crippen LogP contribution in [-0.4, -0.2) is 37.6 Å². The van der Waals surface area contributed by atoms with Crippen LogP contribution < -0.4 is 16.0 Å². The Hall–Kier alpha value is -0.610. The number of piperidine rings is 1. The van der Waals surface area contributed by atoms with E-state index >= 15 is 0 Å². The van der Waals surface area contributed by atoms with Crippen LogP contribution in [0.15, 0.2) is 0 Å². The van der Waals surface area contributed by atoms with E-state index in [-0.39, 0.29) is 11.9 Å². The first-order valence-electron chi connectivity index (χ1n) is 4.61. The van der Waals surface area contributed by atoms with Crippen molar-refractivity contribution < 1.29 is 4.79 Å². The van der Waals surface area contributed by atoms with Gasteiger partial charge in [-0.25, -0.2) is 0 Å². The van der Waals surface area contributed by atoms with Crippen molar-refractivity contribution in [1.82, 2.24) is 16.0 Å². The van der Waals surface area contributed by atoms with Crippen LogP contribution in [0.2, 0.25) is 0 Å². The van der Waals surface area contributed by atoms with Gasteiger partial charge in [-0.05, 0) is 12.8 Å². The predicted octanol–water partition coefficient (Wildman–Crippen LogP) is -1.17. The molecule has 68 valence electrons. The van der Waals surface area contributed by atoms with Crippen molar-refractivity contribution in [3.63, 3.8) is 0 Å². The van der Waals surface area contributed by atoms with E-state index in [4.69, 9.17) is 0 Å². The quantitative estimate of drug-likeness (QED) is 0.488. The van der Waals surface area contributed by atoms with Crippen LogP contribution in [0.3, 0.4) is 0 Å². The molecular weight excluding hydrogens is 154 g/mol. The largest absolute Gasteiger partial charge is 0.355 e. The van der Waals surface area contributed by atoms with E-state index in [1.165, 1.54) is 0 Å². The normalized spacial score (nSPS) is 31.0. The van der Waals surface area contributed by atoms with Gasteiger partial charge in [0.25, 0.3) is 0 Å². The molecule has 0 saturated carbocycles. The Morgan fingerprint density at radius 1 is 1.42 bits per heavy atom. The molecule has 2 aliphatic rings. The Bertz CT molecular complexity index is 179. The second kappa shape index (κ2) is 3.41. The summed E-state index contributed by atoms with van der Waals surface area (Å²) >= 11 is 0. The fraction of sp³-hybridized carbons (Fsp3) is 0.875. The van der Waals surface area contributed by atoms with E-state index in [0.29, 0.717) is 6.04 Å². The minimum atomic E-state index is 0.0610. The molecule has 4 heteroatoms. The van der Waals surface area contributed by atoms with Gasteiger partial charge in [0.05, 0.1) is 6.04 Å². The van der Waals surface area contributed by atoms with Gasteiger partial charge < -0.3 is 16.0 Å². The zero-order valence-electron chi connectivity index (χ0n) is 7.10. The van der Waals surface area contributed by atoms with E-state index in [2.05, 4.69) is 16.0 Å². The summed E-state index contributed by atoms with van der Waals surface area (Å²) in [5, 5.41) is 9.37. The van der Waals surface area contributed by atoms with Crippen molar-refractivity contribution >= 4 is 5.91 Å². The highest BCUT2D eigenvalue weighted by molar-refractivity contribution is 5.82. The molecule has 4 nitrogen and oxygen atoms in total. The van der Waals surface area contributed by atoms with Crippen LogP contribution in [0.25, 0.3) is 0 Å². The van der Waals surface area contributed by atoms with Gasteiger partial charge in [0.1, 0.15) is 0 Å². The molecule has 3 N–H and O–H groups in total. The second-order valence-electron chi connectivity index (χ2n) is 3.51. The SMILES string of the molecule is O=C1NCCCC1NC1CNC1. The first kappa shape index (κ1) is 8.01. The lowest BCUT2D eigenvalue weighted by molar-refractivity contribution is -0.124. The lowest BCUT2D eigenvalue weighted by atomic mass is 10.0. The van der Waals surface area contributed by atoms with Gasteiger partial charge in [-0.2, -0.15) is 0 Å². The fourth-order valence-corrected chi connectivity index (χ4v) is 1.62. The van der Waals surface area contributed by atoms with Crippen molar-refractivity contribution in [3.8, 4) is 0 Å². The third kappa shape index (κ3) is 1.59. The van der Waals surface area contributed by atoms with Crippen molar-refractivity contribution in [2.45, 2.75) is 24.9 Å². The van der Waals surface area contributed by atoms with Crippen molar-refractivity contribution in [1.29, 1.82) is 0 Å². The number of nitrogens with one attached hydrogen (secondary N) is 3. The van der Waals surface area contributed by atoms with Gasteiger partial charge >= 0.3 is 0 Å². The summed E-state index contributed by atoms with van der Waals surface area (Å²) in [6.07, 6.45) is 2.09. The molecule has 2 heterocycles. The molecule has 2 fully saturated rings. The van der Waals surface area contributed by atoms with E-state index in [0.717, 1.165) is 32.5 Å². The number of amides is 1. The number of rotatable bonds is 2. The van der Waals surface area contributed by atoms with E-state index in [1.54, 1.807) is 0 Å². The summed E-state index contributed by atoms with van der Waals surface area (Å²) in [7, 11) is 0. The molecule has 12 heavy (non-hydrogen) atoms. The molecule has 0 aliphatic carbocycles. The molecule has 0 radical (unpaired) electrons. The molecule has 1 unspecified atom stereocenters. The Morgan fingerprint density at radius 3 is 2.83 bits per heavy atom. The van der Waals surface area contributed by atoms with E-state index in [9.17, 15) is 4.79 Å². The number of hydrogen-bond acceptors (Lipinski definition) is 3. The average Bonchev–Trinajstić information content (AvgIpc) is 2.00. The van der Waals surface area contributed by atoms with Crippen molar-refractivity contribution in [3.05, 3.63) is 0 Å². The molecule has 2 saturated heterocycles. The molecule has 0 aromatic heterocycles. The van der Waals surface area contributed by atoms with Crippen molar-refractivity contribution in [2.24, 2.45) is 0 Å². The summed E-state index contributed by atoms with van der Waals surface area (Å²) in [5.41, 5.74) is 0. The molecule has 2 aliphatic heterocycles. The third-order valence-corrected chi connectivity index (χ3v) is 2.50. The molecule has 1 atom stereocenters.